The van der Waals surface area contributed by atoms with Gasteiger partial charge in [-0.2, -0.15) is 0 Å². The van der Waals surface area contributed by atoms with E-state index in [0.29, 0.717) is 25.2 Å². The Kier molecular flexibility index (Phi) is 7.55. The minimum atomic E-state index is -0.517. The van der Waals surface area contributed by atoms with Crippen LogP contribution >= 0.6 is 0 Å². The predicted molar refractivity (Wildman–Crippen MR) is 99.9 cm³/mol. The molecule has 0 aliphatic carbocycles. The maximum atomic E-state index is 13.3. The minimum absolute atomic E-state index is 0.0182. The molecule has 9 heteroatoms. The van der Waals surface area contributed by atoms with Gasteiger partial charge in [-0.3, -0.25) is 19.4 Å². The van der Waals surface area contributed by atoms with Crippen LogP contribution in [0.15, 0.2) is 36.8 Å². The number of carbonyl (C=O) groups is 3. The number of hydrogen-bond donors (Lipinski definition) is 1. The summed E-state index contributed by atoms with van der Waals surface area (Å²) in [5.74, 6) is 0.0351. The third-order valence-corrected chi connectivity index (χ3v) is 4.21. The van der Waals surface area contributed by atoms with Crippen LogP contribution in [0.25, 0.3) is 0 Å². The molecule has 0 bridgehead atoms. The largest absolute Gasteiger partial charge is 0.483 e. The van der Waals surface area contributed by atoms with Crippen molar-refractivity contribution in [3.05, 3.63) is 53.7 Å². The third-order valence-electron chi connectivity index (χ3n) is 4.21. The number of pyridine rings is 2. The van der Waals surface area contributed by atoms with Crippen molar-refractivity contribution in [2.45, 2.75) is 13.3 Å². The Morgan fingerprint density at radius 1 is 1.11 bits per heavy atom. The summed E-state index contributed by atoms with van der Waals surface area (Å²) in [6.45, 7) is 3.76. The van der Waals surface area contributed by atoms with Crippen LogP contribution in [0.3, 0.4) is 0 Å². The molecule has 1 aliphatic rings. The van der Waals surface area contributed by atoms with Gasteiger partial charge in [-0.1, -0.05) is 0 Å². The monoisotopic (exact) mass is 388 g/mol. The molecule has 0 aromatic carbocycles. The highest BCUT2D eigenvalue weighted by molar-refractivity contribution is 5.94. The second-order valence-electron chi connectivity index (χ2n) is 6.09. The topological polar surface area (TPSA) is 104 Å². The summed E-state index contributed by atoms with van der Waals surface area (Å²) >= 11 is 0. The molecule has 8 nitrogen and oxygen atoms in total. The van der Waals surface area contributed by atoms with Gasteiger partial charge in [-0.25, -0.2) is 9.37 Å². The summed E-state index contributed by atoms with van der Waals surface area (Å²) in [6.07, 6.45) is 4.82. The number of halogens is 1. The van der Waals surface area contributed by atoms with Crippen molar-refractivity contribution >= 4 is 24.0 Å². The molecule has 0 spiro atoms. The van der Waals surface area contributed by atoms with Crippen LogP contribution < -0.4 is 4.90 Å². The fourth-order valence-corrected chi connectivity index (χ4v) is 2.84. The highest BCUT2D eigenvalue weighted by Gasteiger charge is 2.21. The number of nitrogens with zero attached hydrogens (tertiary/aromatic N) is 4. The van der Waals surface area contributed by atoms with Crippen LogP contribution in [0.4, 0.5) is 10.2 Å². The second-order valence-corrected chi connectivity index (χ2v) is 6.09. The average molecular weight is 388 g/mol. The number of carbonyl (C=O) groups excluding carboxylic acids is 2. The van der Waals surface area contributed by atoms with Crippen LogP contribution in [0.1, 0.15) is 34.1 Å². The first-order chi connectivity index (χ1) is 13.5. The quantitative estimate of drug-likeness (QED) is 0.632. The Balaban J connectivity index is 0.000000878. The van der Waals surface area contributed by atoms with Gasteiger partial charge in [0.25, 0.3) is 12.4 Å². The van der Waals surface area contributed by atoms with E-state index in [4.69, 9.17) is 9.90 Å². The van der Waals surface area contributed by atoms with E-state index in [9.17, 15) is 14.0 Å². The van der Waals surface area contributed by atoms with Gasteiger partial charge >= 0.3 is 0 Å². The van der Waals surface area contributed by atoms with Gasteiger partial charge in [0.2, 0.25) is 0 Å². The first-order valence-corrected chi connectivity index (χ1v) is 8.66. The number of amides is 1. The molecular weight excluding hydrogens is 367 g/mol. The van der Waals surface area contributed by atoms with Crippen molar-refractivity contribution in [2.24, 2.45) is 0 Å². The smallest absolute Gasteiger partial charge is 0.290 e. The highest BCUT2D eigenvalue weighted by Crippen LogP contribution is 2.16. The molecule has 0 radical (unpaired) electrons. The summed E-state index contributed by atoms with van der Waals surface area (Å²) in [6, 6.07) is 4.79. The molecule has 1 saturated heterocycles. The van der Waals surface area contributed by atoms with E-state index in [1.165, 1.54) is 19.2 Å². The Bertz CT molecular complexity index is 829. The van der Waals surface area contributed by atoms with Gasteiger partial charge in [-0.05, 0) is 31.5 Å². The zero-order chi connectivity index (χ0) is 20.5. The lowest BCUT2D eigenvalue weighted by Gasteiger charge is -2.23. The van der Waals surface area contributed by atoms with Gasteiger partial charge in [0.15, 0.2) is 5.78 Å². The van der Waals surface area contributed by atoms with Crippen molar-refractivity contribution in [3.8, 4) is 0 Å². The lowest BCUT2D eigenvalue weighted by atomic mass is 10.2. The van der Waals surface area contributed by atoms with E-state index in [1.54, 1.807) is 17.2 Å². The maximum Gasteiger partial charge on any atom is 0.290 e. The van der Waals surface area contributed by atoms with Gasteiger partial charge < -0.3 is 14.9 Å². The SMILES string of the molecule is CC(=O)c1ccc(N2CCCN(C(=O)c3cncc(F)c3)CC2)nc1.O=CO. The molecule has 0 saturated carbocycles. The van der Waals surface area contributed by atoms with Crippen LogP contribution in [-0.2, 0) is 4.79 Å². The molecule has 0 unspecified atom stereocenters. The lowest BCUT2D eigenvalue weighted by Crippen LogP contribution is -2.35. The Morgan fingerprint density at radius 3 is 2.46 bits per heavy atom. The molecule has 0 atom stereocenters. The van der Waals surface area contributed by atoms with Gasteiger partial charge in [0, 0.05) is 44.1 Å². The standard InChI is InChI=1S/C18H19FN4O2.CH2O2/c1-13(24)14-3-4-17(21-11-14)22-5-2-6-23(8-7-22)18(25)15-9-16(19)12-20-10-15;2-1-3/h3-4,9-12H,2,5-8H2,1H3;1H,(H,2,3). The minimum Gasteiger partial charge on any atom is -0.483 e. The fourth-order valence-electron chi connectivity index (χ4n) is 2.84. The average Bonchev–Trinajstić information content (AvgIpc) is 2.94. The van der Waals surface area contributed by atoms with E-state index >= 15 is 0 Å². The van der Waals surface area contributed by atoms with E-state index in [-0.39, 0.29) is 23.7 Å². The normalized spacial score (nSPS) is 13.8. The van der Waals surface area contributed by atoms with Gasteiger partial charge in [0.05, 0.1) is 11.8 Å². The van der Waals surface area contributed by atoms with Crippen LogP contribution in [-0.4, -0.2) is 64.3 Å². The van der Waals surface area contributed by atoms with E-state index < -0.39 is 5.82 Å². The number of hydrogen-bond acceptors (Lipinski definition) is 6. The number of Topliss-reactive ketones (excluding diaryl/α,β-unsaturated/α-hetero) is 1. The highest BCUT2D eigenvalue weighted by atomic mass is 19.1. The molecule has 3 rings (SSSR count). The number of anilines is 1. The lowest BCUT2D eigenvalue weighted by molar-refractivity contribution is -0.122. The summed E-state index contributed by atoms with van der Waals surface area (Å²) in [5, 5.41) is 6.89. The number of ketones is 1. The molecule has 28 heavy (non-hydrogen) atoms. The van der Waals surface area contributed by atoms with Crippen LogP contribution in [0.2, 0.25) is 0 Å². The maximum absolute atomic E-state index is 13.3. The predicted octanol–water partition coefficient (Wildman–Crippen LogP) is 1.87. The summed E-state index contributed by atoms with van der Waals surface area (Å²) in [4.78, 5) is 44.1. The third kappa shape index (κ3) is 5.57. The molecule has 1 fully saturated rings. The second kappa shape index (κ2) is 10.1. The van der Waals surface area contributed by atoms with E-state index in [0.717, 1.165) is 25.0 Å². The summed E-state index contributed by atoms with van der Waals surface area (Å²) < 4.78 is 13.3. The Hall–Kier alpha value is -3.36. The fraction of sp³-hybridized carbons (Fsp3) is 0.316. The molecule has 1 aliphatic heterocycles. The number of aromatic nitrogens is 2. The molecule has 1 amide bonds. The Morgan fingerprint density at radius 2 is 1.86 bits per heavy atom. The number of rotatable bonds is 3. The van der Waals surface area contributed by atoms with Crippen molar-refractivity contribution < 1.29 is 23.9 Å². The molecule has 2 aromatic heterocycles. The zero-order valence-corrected chi connectivity index (χ0v) is 15.4. The summed E-state index contributed by atoms with van der Waals surface area (Å²) in [7, 11) is 0. The van der Waals surface area contributed by atoms with Crippen molar-refractivity contribution in [3.63, 3.8) is 0 Å². The molecule has 148 valence electrons. The Labute approximate surface area is 161 Å². The van der Waals surface area contributed by atoms with Crippen LogP contribution in [0.5, 0.6) is 0 Å². The van der Waals surface area contributed by atoms with Gasteiger partial charge in [0.1, 0.15) is 11.6 Å². The zero-order valence-electron chi connectivity index (χ0n) is 15.4. The molecule has 2 aromatic rings. The number of carboxylic acid groups (broad SMARTS) is 1. The van der Waals surface area contributed by atoms with Crippen LogP contribution in [0, 0.1) is 5.82 Å². The van der Waals surface area contributed by atoms with Crippen molar-refractivity contribution in [2.75, 3.05) is 31.1 Å². The first kappa shape index (κ1) is 20.9. The molecule has 3 heterocycles. The molecule has 1 N–H and O–H groups in total. The van der Waals surface area contributed by atoms with E-state index in [1.807, 2.05) is 6.07 Å². The van der Waals surface area contributed by atoms with Crippen molar-refractivity contribution in [1.82, 2.24) is 14.9 Å². The summed E-state index contributed by atoms with van der Waals surface area (Å²) in [5.41, 5.74) is 0.839. The molecular formula is C19H21FN4O4. The van der Waals surface area contributed by atoms with Gasteiger partial charge in [-0.15, -0.1) is 0 Å². The first-order valence-electron chi connectivity index (χ1n) is 8.66. The van der Waals surface area contributed by atoms with Crippen molar-refractivity contribution in [1.29, 1.82) is 0 Å². The van der Waals surface area contributed by atoms with E-state index in [2.05, 4.69) is 14.9 Å².